The van der Waals surface area contributed by atoms with Crippen LogP contribution in [0.4, 0.5) is 0 Å². The van der Waals surface area contributed by atoms with Crippen LogP contribution < -0.4 is 0 Å². The van der Waals surface area contributed by atoms with Gasteiger partial charge in [-0.3, -0.25) is 9.88 Å². The van der Waals surface area contributed by atoms with Crippen molar-refractivity contribution in [1.82, 2.24) is 9.88 Å². The van der Waals surface area contributed by atoms with Gasteiger partial charge in [0.1, 0.15) is 5.75 Å². The van der Waals surface area contributed by atoms with Crippen LogP contribution in [0.25, 0.3) is 0 Å². The highest BCUT2D eigenvalue weighted by Gasteiger charge is 2.26. The number of aryl methyl sites for hydroxylation is 1. The van der Waals surface area contributed by atoms with Crippen molar-refractivity contribution < 1.29 is 5.11 Å². The first-order chi connectivity index (χ1) is 9.11. The topological polar surface area (TPSA) is 36.4 Å². The molecule has 3 nitrogen and oxygen atoms in total. The van der Waals surface area contributed by atoms with Crippen molar-refractivity contribution in [1.29, 1.82) is 0 Å². The molecule has 0 radical (unpaired) electrons. The molecule has 106 valence electrons. The van der Waals surface area contributed by atoms with Gasteiger partial charge in [0, 0.05) is 24.3 Å². The van der Waals surface area contributed by atoms with Gasteiger partial charge in [-0.25, -0.2) is 0 Å². The second kappa shape index (κ2) is 6.38. The van der Waals surface area contributed by atoms with Crippen LogP contribution >= 0.6 is 0 Å². The van der Waals surface area contributed by atoms with Gasteiger partial charge in [0.15, 0.2) is 0 Å². The van der Waals surface area contributed by atoms with Gasteiger partial charge in [-0.1, -0.05) is 19.8 Å². The lowest BCUT2D eigenvalue weighted by Gasteiger charge is -2.34. The average molecular weight is 262 g/mol. The Hall–Kier alpha value is -1.09. The highest BCUT2D eigenvalue weighted by molar-refractivity contribution is 5.27. The fourth-order valence-corrected chi connectivity index (χ4v) is 3.01. The van der Waals surface area contributed by atoms with Crippen molar-refractivity contribution in [2.24, 2.45) is 0 Å². The van der Waals surface area contributed by atoms with E-state index >= 15 is 0 Å². The monoisotopic (exact) mass is 262 g/mol. The molecule has 1 saturated carbocycles. The summed E-state index contributed by atoms with van der Waals surface area (Å²) in [6.07, 6.45) is 6.40. The fourth-order valence-electron chi connectivity index (χ4n) is 3.01. The predicted octanol–water partition coefficient (Wildman–Crippen LogP) is 3.64. The third-order valence-electron chi connectivity index (χ3n) is 4.37. The summed E-state index contributed by atoms with van der Waals surface area (Å²) in [4.78, 5) is 7.05. The molecular formula is C16H26N2O. The summed E-state index contributed by atoms with van der Waals surface area (Å²) in [6, 6.07) is 4.84. The van der Waals surface area contributed by atoms with Gasteiger partial charge in [-0.05, 0) is 45.2 Å². The maximum Gasteiger partial charge on any atom is 0.138 e. The molecule has 0 saturated heterocycles. The smallest absolute Gasteiger partial charge is 0.138 e. The Labute approximate surface area is 116 Å². The van der Waals surface area contributed by atoms with Crippen LogP contribution in [0.15, 0.2) is 12.1 Å². The Morgan fingerprint density at radius 1 is 1.37 bits per heavy atom. The minimum atomic E-state index is 0.330. The van der Waals surface area contributed by atoms with E-state index in [0.29, 0.717) is 17.8 Å². The summed E-state index contributed by atoms with van der Waals surface area (Å²) in [5.74, 6) is 0.330. The van der Waals surface area contributed by atoms with E-state index in [1.54, 1.807) is 6.07 Å². The van der Waals surface area contributed by atoms with Crippen LogP contribution in [0, 0.1) is 6.92 Å². The van der Waals surface area contributed by atoms with Crippen LogP contribution in [0.2, 0.25) is 0 Å². The molecule has 0 aliphatic heterocycles. The SMILES string of the molecule is CC[C@@H](C)N(Cc1nc(C)ccc1O)C1CCCC1. The van der Waals surface area contributed by atoms with Gasteiger partial charge in [0.25, 0.3) is 0 Å². The van der Waals surface area contributed by atoms with E-state index in [-0.39, 0.29) is 0 Å². The predicted molar refractivity (Wildman–Crippen MR) is 78.2 cm³/mol. The molecule has 1 aliphatic rings. The second-order valence-electron chi connectivity index (χ2n) is 5.79. The molecule has 0 unspecified atom stereocenters. The number of hydrogen-bond donors (Lipinski definition) is 1. The highest BCUT2D eigenvalue weighted by atomic mass is 16.3. The quantitative estimate of drug-likeness (QED) is 0.880. The molecule has 2 rings (SSSR count). The molecule has 0 bridgehead atoms. The van der Waals surface area contributed by atoms with Crippen LogP contribution in [0.5, 0.6) is 5.75 Å². The van der Waals surface area contributed by atoms with Gasteiger partial charge in [0.2, 0.25) is 0 Å². The van der Waals surface area contributed by atoms with Gasteiger partial charge >= 0.3 is 0 Å². The Morgan fingerprint density at radius 3 is 2.68 bits per heavy atom. The lowest BCUT2D eigenvalue weighted by Crippen LogP contribution is -2.39. The first-order valence-electron chi connectivity index (χ1n) is 7.53. The van der Waals surface area contributed by atoms with Crippen LogP contribution in [0.1, 0.15) is 57.3 Å². The van der Waals surface area contributed by atoms with Gasteiger partial charge < -0.3 is 5.11 Å². The lowest BCUT2D eigenvalue weighted by molar-refractivity contribution is 0.129. The maximum atomic E-state index is 9.99. The number of pyridine rings is 1. The first kappa shape index (κ1) is 14.3. The van der Waals surface area contributed by atoms with E-state index in [2.05, 4.69) is 23.7 Å². The van der Waals surface area contributed by atoms with E-state index in [0.717, 1.165) is 24.4 Å². The fraction of sp³-hybridized carbons (Fsp3) is 0.688. The molecule has 1 aromatic heterocycles. The molecule has 1 fully saturated rings. The standard InChI is InChI=1S/C16H26N2O/c1-4-13(3)18(14-7-5-6-8-14)11-15-16(19)10-9-12(2)17-15/h9-10,13-14,19H,4-8,11H2,1-3H3/t13-/m1/s1. The van der Waals surface area contributed by atoms with Crippen LogP contribution in [-0.2, 0) is 6.54 Å². The first-order valence-corrected chi connectivity index (χ1v) is 7.53. The maximum absolute atomic E-state index is 9.99. The Morgan fingerprint density at radius 2 is 2.05 bits per heavy atom. The van der Waals surface area contributed by atoms with Crippen molar-refractivity contribution in [3.8, 4) is 5.75 Å². The van der Waals surface area contributed by atoms with Crippen molar-refractivity contribution in [3.05, 3.63) is 23.5 Å². The molecule has 1 N–H and O–H groups in total. The second-order valence-corrected chi connectivity index (χ2v) is 5.79. The molecule has 0 amide bonds. The largest absolute Gasteiger partial charge is 0.506 e. The zero-order valence-electron chi connectivity index (χ0n) is 12.4. The molecule has 1 atom stereocenters. The third kappa shape index (κ3) is 3.47. The summed E-state index contributed by atoms with van der Waals surface area (Å²) >= 11 is 0. The molecule has 3 heteroatoms. The Kier molecular flexibility index (Phi) is 4.81. The molecule has 1 heterocycles. The highest BCUT2D eigenvalue weighted by Crippen LogP contribution is 2.28. The third-order valence-corrected chi connectivity index (χ3v) is 4.37. The minimum Gasteiger partial charge on any atom is -0.506 e. The lowest BCUT2D eigenvalue weighted by atomic mass is 10.1. The zero-order chi connectivity index (χ0) is 13.8. The van der Waals surface area contributed by atoms with Crippen LogP contribution in [-0.4, -0.2) is 27.1 Å². The van der Waals surface area contributed by atoms with E-state index < -0.39 is 0 Å². The van der Waals surface area contributed by atoms with Gasteiger partial charge in [-0.2, -0.15) is 0 Å². The summed E-state index contributed by atoms with van der Waals surface area (Å²) < 4.78 is 0. The Bertz CT molecular complexity index is 413. The van der Waals surface area contributed by atoms with E-state index in [1.807, 2.05) is 13.0 Å². The molecule has 19 heavy (non-hydrogen) atoms. The van der Waals surface area contributed by atoms with Gasteiger partial charge in [0.05, 0.1) is 5.69 Å². The normalized spacial score (nSPS) is 18.1. The van der Waals surface area contributed by atoms with E-state index in [9.17, 15) is 5.11 Å². The van der Waals surface area contributed by atoms with Gasteiger partial charge in [-0.15, -0.1) is 0 Å². The van der Waals surface area contributed by atoms with Crippen molar-refractivity contribution in [2.75, 3.05) is 0 Å². The van der Waals surface area contributed by atoms with E-state index in [4.69, 9.17) is 0 Å². The summed E-state index contributed by atoms with van der Waals surface area (Å²) in [6.45, 7) is 7.26. The molecule has 1 aromatic rings. The van der Waals surface area contributed by atoms with Crippen molar-refractivity contribution in [2.45, 2.75) is 71.5 Å². The number of aromatic hydroxyl groups is 1. The summed E-state index contributed by atoms with van der Waals surface area (Å²) in [7, 11) is 0. The van der Waals surface area contributed by atoms with Crippen molar-refractivity contribution >= 4 is 0 Å². The molecule has 1 aliphatic carbocycles. The zero-order valence-corrected chi connectivity index (χ0v) is 12.4. The average Bonchev–Trinajstić information content (AvgIpc) is 2.92. The summed E-state index contributed by atoms with van der Waals surface area (Å²) in [5, 5.41) is 9.99. The number of hydrogen-bond acceptors (Lipinski definition) is 3. The number of rotatable bonds is 5. The van der Waals surface area contributed by atoms with E-state index in [1.165, 1.54) is 25.7 Å². The minimum absolute atomic E-state index is 0.330. The Balaban J connectivity index is 2.16. The number of nitrogens with zero attached hydrogens (tertiary/aromatic N) is 2. The van der Waals surface area contributed by atoms with Crippen molar-refractivity contribution in [3.63, 3.8) is 0 Å². The molecular weight excluding hydrogens is 236 g/mol. The molecule has 0 spiro atoms. The van der Waals surface area contributed by atoms with Crippen LogP contribution in [0.3, 0.4) is 0 Å². The summed E-state index contributed by atoms with van der Waals surface area (Å²) in [5.41, 5.74) is 1.80. The number of aromatic nitrogens is 1. The molecule has 0 aromatic carbocycles.